The van der Waals surface area contributed by atoms with Gasteiger partial charge in [0.05, 0.1) is 11.3 Å². The van der Waals surface area contributed by atoms with E-state index in [1.165, 1.54) is 11.8 Å². The molecule has 1 unspecified atom stereocenters. The normalized spacial score (nSPS) is 16.5. The van der Waals surface area contributed by atoms with E-state index in [2.05, 4.69) is 5.32 Å². The van der Waals surface area contributed by atoms with Crippen molar-refractivity contribution in [3.05, 3.63) is 33.8 Å². The zero-order valence-corrected chi connectivity index (χ0v) is 15.5. The molecule has 0 spiro atoms. The number of nitrogens with one attached hydrogen (secondary N) is 1. The van der Waals surface area contributed by atoms with E-state index in [0.717, 1.165) is 18.4 Å². The van der Waals surface area contributed by atoms with Crippen LogP contribution in [0.1, 0.15) is 25.3 Å². The highest BCUT2D eigenvalue weighted by Gasteiger charge is 2.41. The molecule has 3 nitrogen and oxygen atoms in total. The van der Waals surface area contributed by atoms with Gasteiger partial charge < -0.3 is 11.1 Å². The van der Waals surface area contributed by atoms with Crippen LogP contribution in [0.3, 0.4) is 0 Å². The van der Waals surface area contributed by atoms with E-state index in [1.807, 2.05) is 19.1 Å². The SMILES string of the molecule is CC(CN)(NC(=O)CSCc1ccc(Cl)cc1Cl)C1CC1.Cl. The van der Waals surface area contributed by atoms with Gasteiger partial charge in [0.25, 0.3) is 0 Å². The molecule has 1 atom stereocenters. The summed E-state index contributed by atoms with van der Waals surface area (Å²) in [7, 11) is 0. The second-order valence-electron chi connectivity index (χ2n) is 5.67. The van der Waals surface area contributed by atoms with Gasteiger partial charge in [0.2, 0.25) is 5.91 Å². The molecule has 1 aromatic rings. The number of benzene rings is 1. The largest absolute Gasteiger partial charge is 0.349 e. The molecule has 1 amide bonds. The van der Waals surface area contributed by atoms with Crippen molar-refractivity contribution in [2.75, 3.05) is 12.3 Å². The van der Waals surface area contributed by atoms with Crippen molar-refractivity contribution < 1.29 is 4.79 Å². The second kappa shape index (κ2) is 8.65. The van der Waals surface area contributed by atoms with Crippen molar-refractivity contribution in [1.82, 2.24) is 5.32 Å². The molecular formula is C15H21Cl3N2OS. The Hall–Kier alpha value is -0.130. The number of halogens is 3. The first-order valence-corrected chi connectivity index (χ1v) is 8.88. The molecule has 0 radical (unpaired) electrons. The minimum atomic E-state index is -0.254. The molecule has 0 aromatic heterocycles. The zero-order chi connectivity index (χ0) is 15.5. The first kappa shape index (κ1) is 19.9. The number of carbonyl (C=O) groups is 1. The Morgan fingerprint density at radius 2 is 2.14 bits per heavy atom. The van der Waals surface area contributed by atoms with E-state index in [9.17, 15) is 4.79 Å². The Morgan fingerprint density at radius 3 is 2.68 bits per heavy atom. The second-order valence-corrected chi connectivity index (χ2v) is 7.50. The van der Waals surface area contributed by atoms with Gasteiger partial charge in [-0.3, -0.25) is 4.79 Å². The molecular weight excluding hydrogens is 363 g/mol. The molecule has 0 heterocycles. The Bertz CT molecular complexity index is 526. The summed E-state index contributed by atoms with van der Waals surface area (Å²) >= 11 is 13.5. The van der Waals surface area contributed by atoms with E-state index in [0.29, 0.717) is 34.0 Å². The molecule has 1 aliphatic carbocycles. The maximum atomic E-state index is 12.0. The van der Waals surface area contributed by atoms with Gasteiger partial charge in [-0.05, 0) is 43.4 Å². The van der Waals surface area contributed by atoms with Crippen LogP contribution in [0.25, 0.3) is 0 Å². The lowest BCUT2D eigenvalue weighted by molar-refractivity contribution is -0.120. The van der Waals surface area contributed by atoms with Crippen LogP contribution in [-0.4, -0.2) is 23.7 Å². The highest BCUT2D eigenvalue weighted by molar-refractivity contribution is 7.99. The summed E-state index contributed by atoms with van der Waals surface area (Å²) in [6, 6.07) is 5.42. The van der Waals surface area contributed by atoms with Crippen molar-refractivity contribution in [3.8, 4) is 0 Å². The smallest absolute Gasteiger partial charge is 0.230 e. The maximum absolute atomic E-state index is 12.0. The Morgan fingerprint density at radius 1 is 1.45 bits per heavy atom. The van der Waals surface area contributed by atoms with Crippen molar-refractivity contribution in [1.29, 1.82) is 0 Å². The number of thioether (sulfide) groups is 1. The predicted molar refractivity (Wildman–Crippen MR) is 98.2 cm³/mol. The molecule has 1 saturated carbocycles. The van der Waals surface area contributed by atoms with Crippen LogP contribution in [0.4, 0.5) is 0 Å². The first-order chi connectivity index (χ1) is 9.94. The van der Waals surface area contributed by atoms with Crippen molar-refractivity contribution in [2.45, 2.75) is 31.1 Å². The van der Waals surface area contributed by atoms with Crippen LogP contribution in [-0.2, 0) is 10.5 Å². The predicted octanol–water partition coefficient (Wildman–Crippen LogP) is 3.89. The number of hydrogen-bond donors (Lipinski definition) is 2. The van der Waals surface area contributed by atoms with Crippen LogP contribution < -0.4 is 11.1 Å². The van der Waals surface area contributed by atoms with E-state index >= 15 is 0 Å². The molecule has 3 N–H and O–H groups in total. The van der Waals surface area contributed by atoms with Gasteiger partial charge in [-0.1, -0.05) is 29.3 Å². The van der Waals surface area contributed by atoms with Gasteiger partial charge in [-0.15, -0.1) is 24.2 Å². The Kier molecular flexibility index (Phi) is 7.83. The fourth-order valence-electron chi connectivity index (χ4n) is 2.29. The lowest BCUT2D eigenvalue weighted by Crippen LogP contribution is -2.53. The Balaban J connectivity index is 0.00000242. The first-order valence-electron chi connectivity index (χ1n) is 6.97. The fraction of sp³-hybridized carbons (Fsp3) is 0.533. The number of amides is 1. The minimum Gasteiger partial charge on any atom is -0.349 e. The van der Waals surface area contributed by atoms with Crippen LogP contribution in [0.5, 0.6) is 0 Å². The summed E-state index contributed by atoms with van der Waals surface area (Å²) in [6.07, 6.45) is 2.31. The third-order valence-electron chi connectivity index (χ3n) is 3.83. The van der Waals surface area contributed by atoms with Crippen molar-refractivity contribution in [3.63, 3.8) is 0 Å². The standard InChI is InChI=1S/C15H20Cl2N2OS.ClH/c1-15(9-18,11-3-4-11)19-14(20)8-21-7-10-2-5-12(16)6-13(10)17;/h2,5-6,11H,3-4,7-9,18H2,1H3,(H,19,20);1H. The van der Waals surface area contributed by atoms with Crippen LogP contribution >= 0.6 is 47.4 Å². The lowest BCUT2D eigenvalue weighted by Gasteiger charge is -2.29. The fourth-order valence-corrected chi connectivity index (χ4v) is 3.67. The monoisotopic (exact) mass is 382 g/mol. The molecule has 124 valence electrons. The molecule has 1 fully saturated rings. The van der Waals surface area contributed by atoms with Crippen molar-refractivity contribution >= 4 is 53.3 Å². The number of rotatable bonds is 7. The lowest BCUT2D eigenvalue weighted by atomic mass is 9.96. The van der Waals surface area contributed by atoms with Gasteiger partial charge in [0.1, 0.15) is 0 Å². The zero-order valence-electron chi connectivity index (χ0n) is 12.4. The van der Waals surface area contributed by atoms with E-state index in [4.69, 9.17) is 28.9 Å². The minimum absolute atomic E-state index is 0. The molecule has 0 bridgehead atoms. The van der Waals surface area contributed by atoms with Crippen molar-refractivity contribution in [2.24, 2.45) is 11.7 Å². The number of hydrogen-bond acceptors (Lipinski definition) is 3. The van der Waals surface area contributed by atoms with Gasteiger partial charge >= 0.3 is 0 Å². The average molecular weight is 384 g/mol. The van der Waals surface area contributed by atoms with Crippen LogP contribution in [0.15, 0.2) is 18.2 Å². The number of nitrogens with two attached hydrogens (primary N) is 1. The van der Waals surface area contributed by atoms with Gasteiger partial charge in [-0.25, -0.2) is 0 Å². The molecule has 1 aromatic carbocycles. The van der Waals surface area contributed by atoms with E-state index in [-0.39, 0.29) is 23.9 Å². The summed E-state index contributed by atoms with van der Waals surface area (Å²) in [4.78, 5) is 12.0. The third kappa shape index (κ3) is 5.50. The summed E-state index contributed by atoms with van der Waals surface area (Å²) < 4.78 is 0. The van der Waals surface area contributed by atoms with Gasteiger partial charge in [0, 0.05) is 22.3 Å². The summed E-state index contributed by atoms with van der Waals surface area (Å²) in [6.45, 7) is 2.51. The third-order valence-corrected chi connectivity index (χ3v) is 5.40. The molecule has 1 aliphatic rings. The number of carbonyl (C=O) groups excluding carboxylic acids is 1. The highest BCUT2D eigenvalue weighted by atomic mass is 35.5. The van der Waals surface area contributed by atoms with Crippen LogP contribution in [0, 0.1) is 5.92 Å². The molecule has 2 rings (SSSR count). The van der Waals surface area contributed by atoms with Gasteiger partial charge in [0.15, 0.2) is 0 Å². The topological polar surface area (TPSA) is 55.1 Å². The van der Waals surface area contributed by atoms with Crippen LogP contribution in [0.2, 0.25) is 10.0 Å². The molecule has 22 heavy (non-hydrogen) atoms. The van der Waals surface area contributed by atoms with E-state index in [1.54, 1.807) is 6.07 Å². The molecule has 0 aliphatic heterocycles. The summed E-state index contributed by atoms with van der Waals surface area (Å²) in [5.74, 6) is 1.65. The average Bonchev–Trinajstić information content (AvgIpc) is 3.26. The molecule has 7 heteroatoms. The summed E-state index contributed by atoms with van der Waals surface area (Å²) in [5.41, 5.74) is 6.53. The van der Waals surface area contributed by atoms with E-state index < -0.39 is 0 Å². The summed E-state index contributed by atoms with van der Waals surface area (Å²) in [5, 5.41) is 4.34. The Labute approximate surface area is 152 Å². The quantitative estimate of drug-likeness (QED) is 0.751. The van der Waals surface area contributed by atoms with Gasteiger partial charge in [-0.2, -0.15) is 0 Å². The highest BCUT2D eigenvalue weighted by Crippen LogP contribution is 2.39. The molecule has 0 saturated heterocycles. The maximum Gasteiger partial charge on any atom is 0.230 e.